The summed E-state index contributed by atoms with van der Waals surface area (Å²) in [6.45, 7) is -0.437. The van der Waals surface area contributed by atoms with E-state index >= 15 is 0 Å². The molecule has 0 saturated carbocycles. The molecule has 2 aromatic heterocycles. The standard InChI is InChI=1S/C17H18ClN5O4S/c1-26-16-14(22-23-19)15(25)11(8-24)27-17(16)28-12-6-9(18)7-21-13(12)10-4-2-3-5-20-10/h2-7,11,14-17,24-25H,8H2,1H3/t11?,14?,15-,16?,17+/m0/s1. The van der Waals surface area contributed by atoms with Gasteiger partial charge in [0.25, 0.3) is 0 Å². The molecule has 0 amide bonds. The molecule has 11 heteroatoms. The summed E-state index contributed by atoms with van der Waals surface area (Å²) in [6.07, 6.45) is 0.300. The fourth-order valence-electron chi connectivity index (χ4n) is 2.93. The van der Waals surface area contributed by atoms with Crippen LogP contribution in [0.1, 0.15) is 0 Å². The van der Waals surface area contributed by atoms with E-state index in [9.17, 15) is 10.2 Å². The van der Waals surface area contributed by atoms with Gasteiger partial charge in [0.15, 0.2) is 0 Å². The van der Waals surface area contributed by atoms with E-state index in [4.69, 9.17) is 26.6 Å². The predicted octanol–water partition coefficient (Wildman–Crippen LogP) is 2.66. The van der Waals surface area contributed by atoms with Crippen LogP contribution in [0.5, 0.6) is 0 Å². The number of rotatable bonds is 6. The molecule has 0 bridgehead atoms. The zero-order chi connectivity index (χ0) is 20.1. The van der Waals surface area contributed by atoms with Crippen molar-refractivity contribution in [2.75, 3.05) is 13.7 Å². The fourth-order valence-corrected chi connectivity index (χ4v) is 4.47. The van der Waals surface area contributed by atoms with Crippen LogP contribution >= 0.6 is 23.4 Å². The van der Waals surface area contributed by atoms with Crippen LogP contribution in [-0.4, -0.2) is 63.7 Å². The summed E-state index contributed by atoms with van der Waals surface area (Å²) < 4.78 is 11.3. The third-order valence-electron chi connectivity index (χ3n) is 4.25. The van der Waals surface area contributed by atoms with E-state index in [1.807, 2.05) is 12.1 Å². The van der Waals surface area contributed by atoms with Gasteiger partial charge in [-0.05, 0) is 23.7 Å². The smallest absolute Gasteiger partial charge is 0.135 e. The summed E-state index contributed by atoms with van der Waals surface area (Å²) in [7, 11) is 1.43. The van der Waals surface area contributed by atoms with E-state index in [1.165, 1.54) is 25.1 Å². The molecule has 0 radical (unpaired) electrons. The Hall–Kier alpha value is -1.91. The minimum Gasteiger partial charge on any atom is -0.394 e. The first kappa shape index (κ1) is 20.8. The molecule has 9 nitrogen and oxygen atoms in total. The number of pyridine rings is 2. The van der Waals surface area contributed by atoms with Gasteiger partial charge in [-0.3, -0.25) is 9.97 Å². The Balaban J connectivity index is 1.97. The quantitative estimate of drug-likeness (QED) is 0.414. The molecule has 2 aromatic rings. The Labute approximate surface area is 170 Å². The number of azide groups is 1. The lowest BCUT2D eigenvalue weighted by Gasteiger charge is -2.41. The van der Waals surface area contributed by atoms with Crippen LogP contribution in [-0.2, 0) is 9.47 Å². The third-order valence-corrected chi connectivity index (χ3v) is 5.64. The highest BCUT2D eigenvalue weighted by Crippen LogP contribution is 2.39. The second kappa shape index (κ2) is 9.53. The summed E-state index contributed by atoms with van der Waals surface area (Å²) in [4.78, 5) is 12.2. The Bertz CT molecular complexity index is 855. The van der Waals surface area contributed by atoms with Crippen molar-refractivity contribution < 1.29 is 19.7 Å². The second-order valence-corrected chi connectivity index (χ2v) is 7.52. The molecule has 0 aliphatic carbocycles. The van der Waals surface area contributed by atoms with E-state index in [0.29, 0.717) is 21.3 Å². The highest BCUT2D eigenvalue weighted by molar-refractivity contribution is 8.00. The van der Waals surface area contributed by atoms with Crippen LogP contribution < -0.4 is 0 Å². The summed E-state index contributed by atoms with van der Waals surface area (Å²) in [5.41, 5.74) is 9.42. The molecular formula is C17H18ClN5O4S. The first-order valence-electron chi connectivity index (χ1n) is 8.34. The van der Waals surface area contributed by atoms with Crippen LogP contribution in [0.3, 0.4) is 0 Å². The highest BCUT2D eigenvalue weighted by atomic mass is 35.5. The average Bonchev–Trinajstić information content (AvgIpc) is 2.71. The number of hydrogen-bond donors (Lipinski definition) is 2. The lowest BCUT2D eigenvalue weighted by Crippen LogP contribution is -2.57. The van der Waals surface area contributed by atoms with Gasteiger partial charge in [0.1, 0.15) is 23.3 Å². The van der Waals surface area contributed by atoms with Gasteiger partial charge in [-0.25, -0.2) is 0 Å². The molecule has 3 unspecified atom stereocenters. The monoisotopic (exact) mass is 423 g/mol. The van der Waals surface area contributed by atoms with Crippen LogP contribution in [0.25, 0.3) is 21.8 Å². The van der Waals surface area contributed by atoms with Gasteiger partial charge >= 0.3 is 0 Å². The maximum Gasteiger partial charge on any atom is 0.135 e. The Morgan fingerprint density at radius 2 is 2.25 bits per heavy atom. The molecule has 3 heterocycles. The van der Waals surface area contributed by atoms with E-state index in [0.717, 1.165) is 0 Å². The molecular weight excluding hydrogens is 406 g/mol. The number of aliphatic hydroxyl groups excluding tert-OH is 2. The Morgan fingerprint density at radius 1 is 1.43 bits per heavy atom. The molecule has 5 atom stereocenters. The van der Waals surface area contributed by atoms with Gasteiger partial charge in [0.05, 0.1) is 29.5 Å². The highest BCUT2D eigenvalue weighted by Gasteiger charge is 2.45. The molecule has 1 aliphatic rings. The van der Waals surface area contributed by atoms with Gasteiger partial charge in [0, 0.05) is 29.3 Å². The van der Waals surface area contributed by atoms with Gasteiger partial charge in [-0.15, -0.1) is 0 Å². The Morgan fingerprint density at radius 3 is 2.89 bits per heavy atom. The number of aliphatic hydroxyl groups is 2. The number of ether oxygens (including phenoxy) is 2. The zero-order valence-corrected chi connectivity index (χ0v) is 16.4. The molecule has 148 valence electrons. The lowest BCUT2D eigenvalue weighted by atomic mass is 9.98. The average molecular weight is 424 g/mol. The number of hydrogen-bond acceptors (Lipinski definition) is 8. The Kier molecular flexibility index (Phi) is 7.08. The maximum absolute atomic E-state index is 10.3. The van der Waals surface area contributed by atoms with E-state index in [2.05, 4.69) is 20.0 Å². The van der Waals surface area contributed by atoms with Crippen molar-refractivity contribution in [3.63, 3.8) is 0 Å². The van der Waals surface area contributed by atoms with Crippen LogP contribution in [0.15, 0.2) is 46.7 Å². The van der Waals surface area contributed by atoms with Crippen molar-refractivity contribution in [1.29, 1.82) is 0 Å². The summed E-state index contributed by atoms with van der Waals surface area (Å²) in [5.74, 6) is 0. The van der Waals surface area contributed by atoms with Crippen LogP contribution in [0.2, 0.25) is 5.02 Å². The normalized spacial score (nSPS) is 27.2. The zero-order valence-electron chi connectivity index (χ0n) is 14.8. The van der Waals surface area contributed by atoms with Crippen molar-refractivity contribution in [2.24, 2.45) is 5.11 Å². The first-order chi connectivity index (χ1) is 13.6. The minimum absolute atomic E-state index is 0.428. The minimum atomic E-state index is -1.20. The molecule has 0 aromatic carbocycles. The van der Waals surface area contributed by atoms with Crippen LogP contribution in [0.4, 0.5) is 0 Å². The van der Waals surface area contributed by atoms with Crippen molar-refractivity contribution in [2.45, 2.75) is 34.7 Å². The second-order valence-electron chi connectivity index (χ2n) is 5.95. The summed E-state index contributed by atoms with van der Waals surface area (Å²) in [5, 5.41) is 24.0. The van der Waals surface area contributed by atoms with Crippen molar-refractivity contribution in [3.05, 3.63) is 52.1 Å². The predicted molar refractivity (Wildman–Crippen MR) is 104 cm³/mol. The summed E-state index contributed by atoms with van der Waals surface area (Å²) in [6, 6.07) is 6.26. The number of halogens is 1. The molecule has 2 N–H and O–H groups in total. The van der Waals surface area contributed by atoms with Crippen molar-refractivity contribution >= 4 is 23.4 Å². The van der Waals surface area contributed by atoms with E-state index < -0.39 is 36.4 Å². The number of aromatic nitrogens is 2. The molecule has 0 spiro atoms. The molecule has 1 saturated heterocycles. The maximum atomic E-state index is 10.3. The summed E-state index contributed by atoms with van der Waals surface area (Å²) >= 11 is 7.38. The fraction of sp³-hybridized carbons (Fsp3) is 0.412. The van der Waals surface area contributed by atoms with Crippen molar-refractivity contribution in [3.8, 4) is 11.4 Å². The number of nitrogens with zero attached hydrogens (tertiary/aromatic N) is 5. The van der Waals surface area contributed by atoms with Crippen molar-refractivity contribution in [1.82, 2.24) is 9.97 Å². The number of thioether (sulfide) groups is 1. The van der Waals surface area contributed by atoms with Gasteiger partial charge in [-0.1, -0.05) is 34.5 Å². The van der Waals surface area contributed by atoms with Gasteiger partial charge < -0.3 is 19.7 Å². The SMILES string of the molecule is COC1C(N=[N+]=[N-])[C@@H](O)C(CO)O[C@@H]1Sc1cc(Cl)cnc1-c1ccccn1. The molecule has 1 aliphatic heterocycles. The molecule has 3 rings (SSSR count). The van der Waals surface area contributed by atoms with E-state index in [1.54, 1.807) is 18.3 Å². The van der Waals surface area contributed by atoms with Crippen LogP contribution in [0, 0.1) is 0 Å². The van der Waals surface area contributed by atoms with E-state index in [-0.39, 0.29) is 0 Å². The van der Waals surface area contributed by atoms with Gasteiger partial charge in [0.2, 0.25) is 0 Å². The number of methoxy groups -OCH3 is 1. The third kappa shape index (κ3) is 4.39. The van der Waals surface area contributed by atoms with Gasteiger partial charge in [-0.2, -0.15) is 0 Å². The molecule has 1 fully saturated rings. The first-order valence-corrected chi connectivity index (χ1v) is 9.59. The lowest BCUT2D eigenvalue weighted by molar-refractivity contribution is -0.167. The molecule has 28 heavy (non-hydrogen) atoms. The largest absolute Gasteiger partial charge is 0.394 e. The topological polar surface area (TPSA) is 133 Å².